The minimum Gasteiger partial charge on any atom is -0.463 e. The minimum atomic E-state index is -0.149. The van der Waals surface area contributed by atoms with Crippen LogP contribution in [0.1, 0.15) is 39.0 Å². The normalized spacial score (nSPS) is 11.3. The van der Waals surface area contributed by atoms with Crippen molar-refractivity contribution in [1.82, 2.24) is 0 Å². The van der Waals surface area contributed by atoms with Crippen LogP contribution in [0, 0.1) is 0 Å². The van der Waals surface area contributed by atoms with Gasteiger partial charge in [0.05, 0.1) is 119 Å². The highest BCUT2D eigenvalue weighted by atomic mass is 79.9. The smallest absolute Gasteiger partial charge is 0.305 e. The Morgan fingerprint density at radius 1 is 0.436 bits per heavy atom. The van der Waals surface area contributed by atoms with Crippen molar-refractivity contribution in [1.29, 1.82) is 0 Å². The number of hydrogen-bond donors (Lipinski definition) is 0. The molecule has 0 radical (unpaired) electrons. The summed E-state index contributed by atoms with van der Waals surface area (Å²) in [6, 6.07) is 0. The molecule has 11 nitrogen and oxygen atoms in total. The van der Waals surface area contributed by atoms with Gasteiger partial charge >= 0.3 is 5.97 Å². The van der Waals surface area contributed by atoms with E-state index in [1.165, 1.54) is 0 Å². The van der Waals surface area contributed by atoms with Crippen LogP contribution >= 0.6 is 15.9 Å². The maximum absolute atomic E-state index is 11.5. The molecular weight excluding hydrogens is 580 g/mol. The molecule has 0 N–H and O–H groups in total. The van der Waals surface area contributed by atoms with Crippen LogP contribution in [0.5, 0.6) is 0 Å². The molecule has 0 aliphatic heterocycles. The molecule has 12 heteroatoms. The summed E-state index contributed by atoms with van der Waals surface area (Å²) in [5.74, 6) is -0.149. The second-order valence-corrected chi connectivity index (χ2v) is 9.02. The fraction of sp³-hybridized carbons (Fsp3) is 0.963. The first kappa shape index (κ1) is 38.6. The lowest BCUT2D eigenvalue weighted by Gasteiger charge is -2.09. The average Bonchev–Trinajstić information content (AvgIpc) is 2.94. The topological polar surface area (TPSA) is 109 Å². The van der Waals surface area contributed by atoms with Crippen LogP contribution in [0.4, 0.5) is 0 Å². The predicted molar refractivity (Wildman–Crippen MR) is 151 cm³/mol. The molecule has 39 heavy (non-hydrogen) atoms. The van der Waals surface area contributed by atoms with E-state index in [0.29, 0.717) is 125 Å². The van der Waals surface area contributed by atoms with E-state index in [-0.39, 0.29) is 12.6 Å². The highest BCUT2D eigenvalue weighted by Crippen LogP contribution is 2.03. The number of carbonyl (C=O) groups excluding carboxylic acids is 1. The first-order valence-electron chi connectivity index (χ1n) is 14.2. The van der Waals surface area contributed by atoms with E-state index >= 15 is 0 Å². The monoisotopic (exact) mass is 632 g/mol. The highest BCUT2D eigenvalue weighted by Gasteiger charge is 2.02. The second-order valence-electron chi connectivity index (χ2n) is 8.23. The Kier molecular flexibility index (Phi) is 35.2. The molecular formula is C27H53BrO11. The summed E-state index contributed by atoms with van der Waals surface area (Å²) < 4.78 is 53.8. The van der Waals surface area contributed by atoms with E-state index in [2.05, 4.69) is 22.9 Å². The lowest BCUT2D eigenvalue weighted by atomic mass is 10.2. The fourth-order valence-electron chi connectivity index (χ4n) is 2.90. The SMILES string of the molecule is CCCCCCC(=O)OCCOCCOCCOCCOCCOCCOCCOCCOCCOCCBr. The minimum absolute atomic E-state index is 0.149. The molecule has 0 saturated heterocycles. The van der Waals surface area contributed by atoms with Crippen molar-refractivity contribution in [3.63, 3.8) is 0 Å². The molecule has 0 aliphatic carbocycles. The summed E-state index contributed by atoms with van der Waals surface area (Å²) in [4.78, 5) is 11.5. The third-order valence-corrected chi connectivity index (χ3v) is 5.25. The van der Waals surface area contributed by atoms with E-state index in [9.17, 15) is 4.79 Å². The molecule has 0 heterocycles. The number of halogens is 1. The predicted octanol–water partition coefficient (Wildman–Crippen LogP) is 3.04. The highest BCUT2D eigenvalue weighted by molar-refractivity contribution is 9.09. The number of ether oxygens (including phenoxy) is 10. The van der Waals surface area contributed by atoms with Gasteiger partial charge in [-0.2, -0.15) is 0 Å². The molecule has 234 valence electrons. The van der Waals surface area contributed by atoms with Crippen LogP contribution in [0.15, 0.2) is 0 Å². The molecule has 0 rings (SSSR count). The zero-order chi connectivity index (χ0) is 28.3. The maximum atomic E-state index is 11.5. The Morgan fingerprint density at radius 2 is 0.744 bits per heavy atom. The summed E-state index contributed by atoms with van der Waals surface area (Å²) in [7, 11) is 0. The van der Waals surface area contributed by atoms with Crippen molar-refractivity contribution in [2.45, 2.75) is 39.0 Å². The summed E-state index contributed by atoms with van der Waals surface area (Å²) in [6.07, 6.45) is 4.78. The Labute approximate surface area is 243 Å². The summed E-state index contributed by atoms with van der Waals surface area (Å²) >= 11 is 3.30. The van der Waals surface area contributed by atoms with Crippen LogP contribution in [-0.2, 0) is 52.2 Å². The third kappa shape index (κ3) is 35.6. The van der Waals surface area contributed by atoms with Gasteiger partial charge in [-0.25, -0.2) is 0 Å². The van der Waals surface area contributed by atoms with Gasteiger partial charge in [0.1, 0.15) is 6.61 Å². The molecule has 0 spiro atoms. The Morgan fingerprint density at radius 3 is 1.05 bits per heavy atom. The van der Waals surface area contributed by atoms with Gasteiger partial charge in [-0.15, -0.1) is 0 Å². The number of unbranched alkanes of at least 4 members (excludes halogenated alkanes) is 3. The van der Waals surface area contributed by atoms with Crippen LogP contribution in [0.2, 0.25) is 0 Å². The second kappa shape index (κ2) is 35.6. The zero-order valence-electron chi connectivity index (χ0n) is 24.0. The van der Waals surface area contributed by atoms with Crippen LogP contribution in [0.3, 0.4) is 0 Å². The largest absolute Gasteiger partial charge is 0.463 e. The van der Waals surface area contributed by atoms with E-state index in [4.69, 9.17) is 47.4 Å². The van der Waals surface area contributed by atoms with E-state index < -0.39 is 0 Å². The van der Waals surface area contributed by atoms with E-state index in [0.717, 1.165) is 31.0 Å². The molecule has 0 bridgehead atoms. The standard InChI is InChI=1S/C27H53BrO11/c1-2-3-4-5-6-27(29)39-26-25-38-24-23-37-22-21-36-20-19-35-18-17-34-16-15-33-14-13-32-12-11-31-10-9-30-8-7-28/h2-26H2,1H3. The first-order valence-corrected chi connectivity index (χ1v) is 15.3. The number of esters is 1. The molecule has 0 fully saturated rings. The Bertz CT molecular complexity index is 475. The number of hydrogen-bond acceptors (Lipinski definition) is 11. The first-order chi connectivity index (χ1) is 19.3. The van der Waals surface area contributed by atoms with Crippen molar-refractivity contribution in [2.24, 2.45) is 0 Å². The van der Waals surface area contributed by atoms with Crippen molar-refractivity contribution in [2.75, 3.05) is 131 Å². The van der Waals surface area contributed by atoms with Gasteiger partial charge in [-0.1, -0.05) is 42.1 Å². The average molecular weight is 634 g/mol. The number of alkyl halides is 1. The van der Waals surface area contributed by atoms with Crippen molar-refractivity contribution in [3.05, 3.63) is 0 Å². The lowest BCUT2D eigenvalue weighted by Crippen LogP contribution is -2.15. The van der Waals surface area contributed by atoms with Gasteiger partial charge in [0.25, 0.3) is 0 Å². The zero-order valence-corrected chi connectivity index (χ0v) is 25.6. The number of rotatable bonds is 34. The molecule has 0 aromatic rings. The van der Waals surface area contributed by atoms with E-state index in [1.54, 1.807) is 0 Å². The lowest BCUT2D eigenvalue weighted by molar-refractivity contribution is -0.145. The molecule has 0 aromatic heterocycles. The molecule has 0 amide bonds. The summed E-state index contributed by atoms with van der Waals surface area (Å²) in [5, 5.41) is 0.837. The van der Waals surface area contributed by atoms with Crippen LogP contribution in [0.25, 0.3) is 0 Å². The summed E-state index contributed by atoms with van der Waals surface area (Å²) in [5.41, 5.74) is 0. The van der Waals surface area contributed by atoms with Crippen LogP contribution < -0.4 is 0 Å². The third-order valence-electron chi connectivity index (χ3n) is 4.92. The van der Waals surface area contributed by atoms with Crippen molar-refractivity contribution < 1.29 is 52.2 Å². The van der Waals surface area contributed by atoms with E-state index in [1.807, 2.05) is 0 Å². The Hall–Kier alpha value is -0.410. The van der Waals surface area contributed by atoms with Crippen molar-refractivity contribution >= 4 is 21.9 Å². The van der Waals surface area contributed by atoms with Crippen molar-refractivity contribution in [3.8, 4) is 0 Å². The molecule has 0 aromatic carbocycles. The Balaban J connectivity index is 3.07. The molecule has 0 unspecified atom stereocenters. The van der Waals surface area contributed by atoms with Gasteiger partial charge < -0.3 is 47.4 Å². The fourth-order valence-corrected chi connectivity index (χ4v) is 3.13. The quantitative estimate of drug-likeness (QED) is 0.0593. The van der Waals surface area contributed by atoms with Gasteiger partial charge in [-0.05, 0) is 6.42 Å². The van der Waals surface area contributed by atoms with Gasteiger partial charge in [0, 0.05) is 11.8 Å². The van der Waals surface area contributed by atoms with Gasteiger partial charge in [0.15, 0.2) is 0 Å². The maximum Gasteiger partial charge on any atom is 0.305 e. The molecule has 0 aliphatic rings. The number of carbonyl (C=O) groups is 1. The van der Waals surface area contributed by atoms with Gasteiger partial charge in [-0.3, -0.25) is 4.79 Å². The molecule has 0 saturated carbocycles. The van der Waals surface area contributed by atoms with Gasteiger partial charge in [0.2, 0.25) is 0 Å². The molecule has 0 atom stereocenters. The summed E-state index contributed by atoms with van der Waals surface area (Å²) in [6.45, 7) is 11.8. The van der Waals surface area contributed by atoms with Crippen LogP contribution in [-0.4, -0.2) is 137 Å².